The molecule has 20 heavy (non-hydrogen) atoms. The van der Waals surface area contributed by atoms with Gasteiger partial charge in [-0.3, -0.25) is 10.3 Å². The van der Waals surface area contributed by atoms with Crippen molar-refractivity contribution >= 4 is 5.84 Å². The summed E-state index contributed by atoms with van der Waals surface area (Å²) in [6.45, 7) is 11.9. The predicted octanol–water partition coefficient (Wildman–Crippen LogP) is 2.17. The number of aromatic nitrogens is 1. The van der Waals surface area contributed by atoms with Gasteiger partial charge in [0.15, 0.2) is 0 Å². The molecule has 1 aromatic rings. The Balaban J connectivity index is 2.71. The van der Waals surface area contributed by atoms with Gasteiger partial charge in [-0.25, -0.2) is 4.98 Å². The number of nitrogen functional groups attached to an aromatic ring is 1. The highest BCUT2D eigenvalue weighted by atomic mass is 16.5. The molecule has 0 unspecified atom stereocenters. The molecule has 0 saturated carbocycles. The number of nitrogens with one attached hydrogen (secondary N) is 1. The number of pyridine rings is 1. The average molecular weight is 278 g/mol. The Bertz CT molecular complexity index is 449. The van der Waals surface area contributed by atoms with Gasteiger partial charge in [0.25, 0.3) is 0 Å². The summed E-state index contributed by atoms with van der Waals surface area (Å²) in [5.41, 5.74) is 7.10. The molecule has 0 aromatic carbocycles. The molecule has 0 radical (unpaired) electrons. The molecule has 0 atom stereocenters. The third-order valence-electron chi connectivity index (χ3n) is 3.31. The molecule has 0 fully saturated rings. The lowest BCUT2D eigenvalue weighted by molar-refractivity contribution is 0.140. The van der Waals surface area contributed by atoms with Gasteiger partial charge < -0.3 is 10.5 Å². The maximum Gasteiger partial charge on any atom is 0.224 e. The van der Waals surface area contributed by atoms with Crippen molar-refractivity contribution in [2.24, 2.45) is 5.73 Å². The van der Waals surface area contributed by atoms with Crippen LogP contribution in [0.2, 0.25) is 0 Å². The van der Waals surface area contributed by atoms with Gasteiger partial charge in [-0.05, 0) is 46.2 Å². The van der Waals surface area contributed by atoms with Crippen LogP contribution in [0, 0.1) is 12.3 Å². The number of nitrogens with zero attached hydrogens (tertiary/aromatic N) is 2. The van der Waals surface area contributed by atoms with Crippen molar-refractivity contribution < 1.29 is 4.74 Å². The van der Waals surface area contributed by atoms with Gasteiger partial charge >= 0.3 is 0 Å². The van der Waals surface area contributed by atoms with Gasteiger partial charge in [0.2, 0.25) is 5.88 Å². The highest BCUT2D eigenvalue weighted by Crippen LogP contribution is 2.18. The highest BCUT2D eigenvalue weighted by molar-refractivity contribution is 5.98. The van der Waals surface area contributed by atoms with Crippen LogP contribution >= 0.6 is 0 Å². The molecule has 5 nitrogen and oxygen atoms in total. The molecule has 112 valence electrons. The minimum absolute atomic E-state index is 0.00447. The second-order valence-electron chi connectivity index (χ2n) is 5.50. The topological polar surface area (TPSA) is 75.2 Å². The second kappa shape index (κ2) is 7.24. The minimum Gasteiger partial charge on any atom is -0.476 e. The van der Waals surface area contributed by atoms with Gasteiger partial charge in [-0.15, -0.1) is 0 Å². The van der Waals surface area contributed by atoms with Crippen molar-refractivity contribution in [2.75, 3.05) is 13.2 Å². The lowest BCUT2D eigenvalue weighted by atomic mass is 10.1. The molecule has 3 N–H and O–H groups in total. The highest BCUT2D eigenvalue weighted by Gasteiger charge is 2.15. The van der Waals surface area contributed by atoms with Gasteiger partial charge in [0, 0.05) is 24.8 Å². The van der Waals surface area contributed by atoms with E-state index in [4.69, 9.17) is 15.9 Å². The van der Waals surface area contributed by atoms with E-state index < -0.39 is 0 Å². The molecular weight excluding hydrogens is 252 g/mol. The van der Waals surface area contributed by atoms with E-state index >= 15 is 0 Å². The summed E-state index contributed by atoms with van der Waals surface area (Å²) >= 11 is 0. The molecule has 0 spiro atoms. The maximum atomic E-state index is 7.62. The number of hydrogen-bond acceptors (Lipinski definition) is 4. The van der Waals surface area contributed by atoms with Crippen LogP contribution in [0.15, 0.2) is 12.3 Å². The molecule has 0 aliphatic carbocycles. The molecule has 5 heteroatoms. The third kappa shape index (κ3) is 4.20. The number of aryl methyl sites for hydroxylation is 1. The van der Waals surface area contributed by atoms with Crippen LogP contribution in [0.1, 0.15) is 38.8 Å². The van der Waals surface area contributed by atoms with Gasteiger partial charge in [-0.1, -0.05) is 0 Å². The summed E-state index contributed by atoms with van der Waals surface area (Å²) in [4.78, 5) is 6.54. The Morgan fingerprint density at radius 2 is 1.95 bits per heavy atom. The van der Waals surface area contributed by atoms with E-state index in [1.54, 1.807) is 6.20 Å². The molecule has 0 aliphatic rings. The first-order valence-electron chi connectivity index (χ1n) is 7.03. The fraction of sp³-hybridized carbons (Fsp3) is 0.600. The summed E-state index contributed by atoms with van der Waals surface area (Å²) < 4.78 is 5.74. The van der Waals surface area contributed by atoms with Crippen molar-refractivity contribution in [3.63, 3.8) is 0 Å². The molecule has 1 heterocycles. The van der Waals surface area contributed by atoms with Gasteiger partial charge in [0.1, 0.15) is 12.4 Å². The fourth-order valence-corrected chi connectivity index (χ4v) is 2.33. The zero-order valence-electron chi connectivity index (χ0n) is 13.1. The zero-order valence-corrected chi connectivity index (χ0v) is 13.1. The smallest absolute Gasteiger partial charge is 0.224 e. The Morgan fingerprint density at radius 3 is 2.45 bits per heavy atom. The number of hydrogen-bond donors (Lipinski definition) is 2. The van der Waals surface area contributed by atoms with Crippen LogP contribution in [0.4, 0.5) is 0 Å². The van der Waals surface area contributed by atoms with Gasteiger partial charge in [0.05, 0.1) is 5.56 Å². The number of rotatable bonds is 7. The van der Waals surface area contributed by atoms with E-state index in [0.717, 1.165) is 12.1 Å². The van der Waals surface area contributed by atoms with Crippen molar-refractivity contribution in [3.8, 4) is 5.88 Å². The van der Waals surface area contributed by atoms with Crippen LogP contribution < -0.4 is 10.5 Å². The molecule has 1 aromatic heterocycles. The van der Waals surface area contributed by atoms with E-state index in [9.17, 15) is 0 Å². The van der Waals surface area contributed by atoms with E-state index in [1.807, 2.05) is 13.0 Å². The molecule has 0 bridgehead atoms. The molecule has 0 aliphatic heterocycles. The Labute approximate surface area is 121 Å². The predicted molar refractivity (Wildman–Crippen MR) is 82.5 cm³/mol. The lowest BCUT2D eigenvalue weighted by Crippen LogP contribution is -2.39. The molecule has 1 rings (SSSR count). The van der Waals surface area contributed by atoms with Crippen LogP contribution in [-0.4, -0.2) is 41.0 Å². The quantitative estimate of drug-likeness (QED) is 0.592. The van der Waals surface area contributed by atoms with Crippen molar-refractivity contribution in [1.29, 1.82) is 5.41 Å². The summed E-state index contributed by atoms with van der Waals surface area (Å²) in [5.74, 6) is 0.445. The molecule has 0 saturated heterocycles. The standard InChI is InChI=1S/C15H26N4O/c1-10(2)19(11(3)4)8-9-20-15-13(14(16)17)12(5)6-7-18-15/h6-7,10-11H,8-9H2,1-5H3,(H3,16,17). The van der Waals surface area contributed by atoms with Crippen LogP contribution in [0.5, 0.6) is 5.88 Å². The Morgan fingerprint density at radius 1 is 1.35 bits per heavy atom. The average Bonchev–Trinajstić information content (AvgIpc) is 2.33. The summed E-state index contributed by atoms with van der Waals surface area (Å²) in [6, 6.07) is 2.77. The summed E-state index contributed by atoms with van der Waals surface area (Å²) in [6.07, 6.45) is 1.68. The van der Waals surface area contributed by atoms with Crippen molar-refractivity contribution in [2.45, 2.75) is 46.7 Å². The first kappa shape index (κ1) is 16.4. The van der Waals surface area contributed by atoms with Crippen LogP contribution in [0.3, 0.4) is 0 Å². The van der Waals surface area contributed by atoms with Crippen molar-refractivity contribution in [3.05, 3.63) is 23.4 Å². The number of nitrogens with two attached hydrogens (primary N) is 1. The van der Waals surface area contributed by atoms with E-state index in [0.29, 0.717) is 30.1 Å². The second-order valence-corrected chi connectivity index (χ2v) is 5.50. The first-order valence-corrected chi connectivity index (χ1v) is 7.03. The van der Waals surface area contributed by atoms with E-state index in [-0.39, 0.29) is 5.84 Å². The SMILES string of the molecule is Cc1ccnc(OCCN(C(C)C)C(C)C)c1C(=N)N. The number of amidine groups is 1. The van der Waals surface area contributed by atoms with Crippen LogP contribution in [-0.2, 0) is 0 Å². The molecule has 0 amide bonds. The van der Waals surface area contributed by atoms with Crippen LogP contribution in [0.25, 0.3) is 0 Å². The van der Waals surface area contributed by atoms with E-state index in [2.05, 4.69) is 37.6 Å². The Kier molecular flexibility index (Phi) is 5.95. The lowest BCUT2D eigenvalue weighted by Gasteiger charge is -2.30. The summed E-state index contributed by atoms with van der Waals surface area (Å²) in [5, 5.41) is 7.62. The zero-order chi connectivity index (χ0) is 15.3. The Hall–Kier alpha value is -1.62. The van der Waals surface area contributed by atoms with Crippen molar-refractivity contribution in [1.82, 2.24) is 9.88 Å². The summed E-state index contributed by atoms with van der Waals surface area (Å²) in [7, 11) is 0. The largest absolute Gasteiger partial charge is 0.476 e. The van der Waals surface area contributed by atoms with Gasteiger partial charge in [-0.2, -0.15) is 0 Å². The van der Waals surface area contributed by atoms with E-state index in [1.165, 1.54) is 0 Å². The number of ether oxygens (including phenoxy) is 1. The fourth-order valence-electron chi connectivity index (χ4n) is 2.33. The minimum atomic E-state index is -0.00447. The third-order valence-corrected chi connectivity index (χ3v) is 3.31. The monoisotopic (exact) mass is 278 g/mol. The molecular formula is C15H26N4O. The maximum absolute atomic E-state index is 7.62. The normalized spacial score (nSPS) is 11.4. The first-order chi connectivity index (χ1) is 9.34.